The quantitative estimate of drug-likeness (QED) is 0.845. The summed E-state index contributed by atoms with van der Waals surface area (Å²) in [4.78, 5) is 30.0. The first-order chi connectivity index (χ1) is 9.69. The predicted molar refractivity (Wildman–Crippen MR) is 82.3 cm³/mol. The summed E-state index contributed by atoms with van der Waals surface area (Å²) >= 11 is 0. The average molecular weight is 292 g/mol. The van der Waals surface area contributed by atoms with E-state index in [1.165, 1.54) is 12.3 Å². The average Bonchev–Trinajstić information content (AvgIpc) is 2.36. The molecule has 1 aromatic heterocycles. The van der Waals surface area contributed by atoms with Gasteiger partial charge in [-0.2, -0.15) is 0 Å². The third kappa shape index (κ3) is 6.35. The fraction of sp³-hybridized carbons (Fsp3) is 0.533. The molecule has 0 aliphatic rings. The topological polar surface area (TPSA) is 74.3 Å². The first-order valence-corrected chi connectivity index (χ1v) is 6.90. The maximum absolute atomic E-state index is 12.0. The number of nitrogens with one attached hydrogen (secondary N) is 2. The van der Waals surface area contributed by atoms with Crippen LogP contribution in [0.25, 0.3) is 0 Å². The minimum absolute atomic E-state index is 0.205. The minimum atomic E-state index is -0.345. The van der Waals surface area contributed by atoms with E-state index in [0.29, 0.717) is 12.1 Å². The number of nitrogens with zero attached hydrogens (tertiary/aromatic N) is 2. The van der Waals surface area contributed by atoms with Crippen LogP contribution in [0, 0.1) is 0 Å². The fourth-order valence-corrected chi connectivity index (χ4v) is 1.60. The Morgan fingerprint density at radius 1 is 1.24 bits per heavy atom. The second kappa shape index (κ2) is 7.17. The molecule has 1 heterocycles. The molecule has 0 aliphatic carbocycles. The molecule has 21 heavy (non-hydrogen) atoms. The molecule has 0 unspecified atom stereocenters. The smallest absolute Gasteiger partial charge is 0.270 e. The summed E-state index contributed by atoms with van der Waals surface area (Å²) < 4.78 is 0. The first-order valence-electron chi connectivity index (χ1n) is 6.90. The molecule has 0 fully saturated rings. The first kappa shape index (κ1) is 17.1. The highest BCUT2D eigenvalue weighted by molar-refractivity contribution is 5.98. The molecule has 0 radical (unpaired) electrons. The third-order valence-corrected chi connectivity index (χ3v) is 2.59. The van der Waals surface area contributed by atoms with Crippen molar-refractivity contribution in [2.24, 2.45) is 0 Å². The molecule has 0 aromatic carbocycles. The Morgan fingerprint density at radius 3 is 2.48 bits per heavy atom. The lowest BCUT2D eigenvalue weighted by atomic mass is 10.1. The van der Waals surface area contributed by atoms with Gasteiger partial charge >= 0.3 is 0 Å². The standard InChI is InChI=1S/C15H24N4O2/c1-15(2,3)18-14(21)12-10-11(6-7-16-12)13(20)17-8-9-19(4)5/h6-7,10H,8-9H2,1-5H3,(H,17,20)(H,18,21). The second-order valence-electron chi connectivity index (χ2n) is 6.19. The number of amides is 2. The maximum Gasteiger partial charge on any atom is 0.270 e. The van der Waals surface area contributed by atoms with E-state index in [9.17, 15) is 9.59 Å². The maximum atomic E-state index is 12.0. The van der Waals surface area contributed by atoms with E-state index in [1.807, 2.05) is 39.8 Å². The van der Waals surface area contributed by atoms with Crippen LogP contribution in [0.3, 0.4) is 0 Å². The van der Waals surface area contributed by atoms with Crippen LogP contribution in [-0.2, 0) is 0 Å². The highest BCUT2D eigenvalue weighted by Gasteiger charge is 2.17. The van der Waals surface area contributed by atoms with Gasteiger partial charge in [0.1, 0.15) is 5.69 Å². The van der Waals surface area contributed by atoms with Crippen LogP contribution in [0.4, 0.5) is 0 Å². The number of rotatable bonds is 5. The number of hydrogen-bond acceptors (Lipinski definition) is 4. The highest BCUT2D eigenvalue weighted by atomic mass is 16.2. The monoisotopic (exact) mass is 292 g/mol. The van der Waals surface area contributed by atoms with Gasteiger partial charge in [0, 0.05) is 30.4 Å². The Hall–Kier alpha value is -1.95. The van der Waals surface area contributed by atoms with Gasteiger partial charge in [-0.15, -0.1) is 0 Å². The fourth-order valence-electron chi connectivity index (χ4n) is 1.60. The zero-order chi connectivity index (χ0) is 16.0. The summed E-state index contributed by atoms with van der Waals surface area (Å²) in [5, 5.41) is 5.62. The lowest BCUT2D eigenvalue weighted by Gasteiger charge is -2.20. The summed E-state index contributed by atoms with van der Waals surface area (Å²) in [6.45, 7) is 6.99. The molecule has 0 saturated heterocycles. The van der Waals surface area contributed by atoms with Crippen LogP contribution in [0.1, 0.15) is 41.6 Å². The Bertz CT molecular complexity index is 507. The third-order valence-electron chi connectivity index (χ3n) is 2.59. The highest BCUT2D eigenvalue weighted by Crippen LogP contribution is 2.05. The molecule has 116 valence electrons. The van der Waals surface area contributed by atoms with Gasteiger partial charge in [-0.3, -0.25) is 14.6 Å². The van der Waals surface area contributed by atoms with Gasteiger partial charge in [-0.1, -0.05) is 0 Å². The molecular formula is C15H24N4O2. The molecule has 0 bridgehead atoms. The predicted octanol–water partition coefficient (Wildman–Crippen LogP) is 0.901. The van der Waals surface area contributed by atoms with E-state index in [2.05, 4.69) is 15.6 Å². The Balaban J connectivity index is 2.71. The largest absolute Gasteiger partial charge is 0.351 e. The van der Waals surface area contributed by atoms with Gasteiger partial charge in [-0.05, 0) is 47.0 Å². The van der Waals surface area contributed by atoms with Crippen LogP contribution in [0.15, 0.2) is 18.3 Å². The molecule has 6 nitrogen and oxygen atoms in total. The summed E-state index contributed by atoms with van der Waals surface area (Å²) in [5.74, 6) is -0.491. The van der Waals surface area contributed by atoms with Crippen molar-refractivity contribution in [1.29, 1.82) is 0 Å². The number of likely N-dealkylation sites (N-methyl/N-ethyl adjacent to an activating group) is 1. The summed E-state index contributed by atoms with van der Waals surface area (Å²) in [6, 6.07) is 3.10. The van der Waals surface area contributed by atoms with Crippen LogP contribution in [-0.4, -0.2) is 54.4 Å². The summed E-state index contributed by atoms with van der Waals surface area (Å²) in [5.41, 5.74) is 0.330. The lowest BCUT2D eigenvalue weighted by Crippen LogP contribution is -2.41. The van der Waals surface area contributed by atoms with Crippen LogP contribution in [0.2, 0.25) is 0 Å². The van der Waals surface area contributed by atoms with Gasteiger partial charge in [0.2, 0.25) is 0 Å². The van der Waals surface area contributed by atoms with E-state index < -0.39 is 0 Å². The van der Waals surface area contributed by atoms with E-state index in [4.69, 9.17) is 0 Å². The minimum Gasteiger partial charge on any atom is -0.351 e. The van der Waals surface area contributed by atoms with Gasteiger partial charge in [0.25, 0.3) is 11.8 Å². The van der Waals surface area contributed by atoms with E-state index >= 15 is 0 Å². The Labute approximate surface area is 125 Å². The number of carbonyl (C=O) groups excluding carboxylic acids is 2. The Kier molecular flexibility index (Phi) is 5.84. The normalized spacial score (nSPS) is 11.3. The lowest BCUT2D eigenvalue weighted by molar-refractivity contribution is 0.0914. The molecule has 6 heteroatoms. The number of pyridine rings is 1. The Morgan fingerprint density at radius 2 is 1.90 bits per heavy atom. The second-order valence-corrected chi connectivity index (χ2v) is 6.19. The van der Waals surface area contributed by atoms with Crippen LogP contribution in [0.5, 0.6) is 0 Å². The van der Waals surface area contributed by atoms with Gasteiger partial charge in [-0.25, -0.2) is 0 Å². The molecule has 1 aromatic rings. The van der Waals surface area contributed by atoms with Crippen molar-refractivity contribution in [3.63, 3.8) is 0 Å². The van der Waals surface area contributed by atoms with E-state index in [1.54, 1.807) is 6.07 Å². The molecule has 2 amide bonds. The van der Waals surface area contributed by atoms with E-state index in [0.717, 1.165) is 6.54 Å². The van der Waals surface area contributed by atoms with Crippen molar-refractivity contribution in [2.75, 3.05) is 27.2 Å². The zero-order valence-corrected chi connectivity index (χ0v) is 13.4. The molecule has 0 saturated carbocycles. The summed E-state index contributed by atoms with van der Waals surface area (Å²) in [6.07, 6.45) is 1.47. The molecule has 2 N–H and O–H groups in total. The molecule has 0 aliphatic heterocycles. The van der Waals surface area contributed by atoms with Crippen LogP contribution >= 0.6 is 0 Å². The SMILES string of the molecule is CN(C)CCNC(=O)c1ccnc(C(=O)NC(C)(C)C)c1. The van der Waals surface area contributed by atoms with Crippen molar-refractivity contribution >= 4 is 11.8 Å². The zero-order valence-electron chi connectivity index (χ0n) is 13.4. The van der Waals surface area contributed by atoms with Crippen molar-refractivity contribution in [1.82, 2.24) is 20.5 Å². The molecule has 1 rings (SSSR count). The molecular weight excluding hydrogens is 268 g/mol. The van der Waals surface area contributed by atoms with Crippen molar-refractivity contribution < 1.29 is 9.59 Å². The van der Waals surface area contributed by atoms with Gasteiger partial charge in [0.05, 0.1) is 0 Å². The molecule has 0 atom stereocenters. The number of aromatic nitrogens is 1. The van der Waals surface area contributed by atoms with Crippen molar-refractivity contribution in [3.05, 3.63) is 29.6 Å². The van der Waals surface area contributed by atoms with Crippen LogP contribution < -0.4 is 10.6 Å². The van der Waals surface area contributed by atoms with Gasteiger partial charge in [0.15, 0.2) is 0 Å². The molecule has 0 spiro atoms. The number of carbonyl (C=O) groups is 2. The van der Waals surface area contributed by atoms with Gasteiger partial charge < -0.3 is 15.5 Å². The number of hydrogen-bond donors (Lipinski definition) is 2. The van der Waals surface area contributed by atoms with Crippen molar-refractivity contribution in [2.45, 2.75) is 26.3 Å². The summed E-state index contributed by atoms with van der Waals surface area (Å²) in [7, 11) is 3.88. The van der Waals surface area contributed by atoms with E-state index in [-0.39, 0.29) is 23.0 Å². The van der Waals surface area contributed by atoms with Crippen molar-refractivity contribution in [3.8, 4) is 0 Å².